The molecule has 0 saturated carbocycles. The lowest BCUT2D eigenvalue weighted by Crippen LogP contribution is -2.44. The normalized spacial score (nSPS) is 10.7. The van der Waals surface area contributed by atoms with Gasteiger partial charge in [-0.3, -0.25) is 0 Å². The zero-order valence-electron chi connectivity index (χ0n) is 22.5. The molecule has 0 fully saturated rings. The Labute approximate surface area is 222 Å². The molecule has 0 aliphatic rings. The third-order valence-electron chi connectivity index (χ3n) is 4.77. The Morgan fingerprint density at radius 2 is 0.658 bits per heavy atom. The number of aliphatic hydroxyl groups is 4. The Balaban J connectivity index is 0. The lowest BCUT2D eigenvalue weighted by molar-refractivity contribution is -0.165. The van der Waals surface area contributed by atoms with Crippen molar-refractivity contribution in [3.05, 3.63) is 48.6 Å². The molecule has 0 rings (SSSR count). The van der Waals surface area contributed by atoms with Gasteiger partial charge < -0.3 is 39.4 Å². The van der Waals surface area contributed by atoms with Crippen LogP contribution in [0.2, 0.25) is 0 Å². The second-order valence-electron chi connectivity index (χ2n) is 9.06. The Hall–Kier alpha value is -3.32. The molecule has 0 bridgehead atoms. The number of rotatable bonds is 16. The topological polar surface area (TPSA) is 186 Å². The van der Waals surface area contributed by atoms with Crippen LogP contribution in [0.3, 0.4) is 0 Å². The Bertz CT molecular complexity index is 740. The summed E-state index contributed by atoms with van der Waals surface area (Å²) in [5.41, 5.74) is -1.94. The lowest BCUT2D eigenvalue weighted by Gasteiger charge is -2.31. The minimum Gasteiger partial charge on any atom is -0.461 e. The van der Waals surface area contributed by atoms with Crippen LogP contribution in [0.25, 0.3) is 0 Å². The summed E-state index contributed by atoms with van der Waals surface area (Å²) in [6.45, 7) is 16.6. The molecule has 0 heterocycles. The van der Waals surface area contributed by atoms with Gasteiger partial charge in [0.25, 0.3) is 0 Å². The molecular formula is C26H40O12. The standard InChI is InChI=1S/C21H28O8.C5H12O4/c1-13(2)17(22)26-9-21(10-27-18(23)14(3)4,11-28-19(24)15(5)6)12-29-20(25)16(7)8;6-1-5(2-7,3-8)4-9/h1,3,5,7,9-12H2,2,4,6,8H3;6-9H,1-4H2. The molecule has 0 aliphatic heterocycles. The molecule has 216 valence electrons. The monoisotopic (exact) mass is 544 g/mol. The Morgan fingerprint density at radius 3 is 0.763 bits per heavy atom. The first-order valence-corrected chi connectivity index (χ1v) is 11.3. The van der Waals surface area contributed by atoms with E-state index in [-0.39, 0.29) is 48.7 Å². The number of ether oxygens (including phenoxy) is 4. The number of aliphatic hydroxyl groups excluding tert-OH is 4. The number of carbonyl (C=O) groups is 4. The molecule has 0 aromatic carbocycles. The molecule has 0 radical (unpaired) electrons. The first-order chi connectivity index (χ1) is 17.6. The number of carbonyl (C=O) groups excluding carboxylic acids is 4. The van der Waals surface area contributed by atoms with Gasteiger partial charge in [0.1, 0.15) is 31.8 Å². The zero-order valence-corrected chi connectivity index (χ0v) is 22.5. The Kier molecular flexibility index (Phi) is 17.5. The molecule has 0 saturated heterocycles. The van der Waals surface area contributed by atoms with Gasteiger partial charge in [0, 0.05) is 22.3 Å². The fraction of sp³-hybridized carbons (Fsp3) is 0.538. The fourth-order valence-corrected chi connectivity index (χ4v) is 1.92. The molecule has 4 N–H and O–H groups in total. The molecule has 0 aliphatic carbocycles. The van der Waals surface area contributed by atoms with Gasteiger partial charge in [-0.05, 0) is 27.7 Å². The van der Waals surface area contributed by atoms with Gasteiger partial charge in [-0.1, -0.05) is 26.3 Å². The van der Waals surface area contributed by atoms with E-state index in [1.54, 1.807) is 0 Å². The van der Waals surface area contributed by atoms with E-state index in [0.717, 1.165) is 0 Å². The van der Waals surface area contributed by atoms with Gasteiger partial charge in [0.05, 0.1) is 31.8 Å². The van der Waals surface area contributed by atoms with Crippen molar-refractivity contribution >= 4 is 23.9 Å². The number of hydrogen-bond acceptors (Lipinski definition) is 12. The van der Waals surface area contributed by atoms with Crippen LogP contribution in [0.1, 0.15) is 27.7 Å². The minimum atomic E-state index is -1.37. The maximum atomic E-state index is 11.8. The molecule has 0 aromatic heterocycles. The number of esters is 4. The van der Waals surface area contributed by atoms with E-state index in [1.807, 2.05) is 0 Å². The largest absolute Gasteiger partial charge is 0.461 e. The molecular weight excluding hydrogens is 504 g/mol. The van der Waals surface area contributed by atoms with Crippen molar-refractivity contribution in [1.29, 1.82) is 0 Å². The number of hydrogen-bond donors (Lipinski definition) is 4. The highest BCUT2D eigenvalue weighted by Crippen LogP contribution is 2.23. The van der Waals surface area contributed by atoms with Crippen molar-refractivity contribution < 1.29 is 58.6 Å². The van der Waals surface area contributed by atoms with E-state index in [2.05, 4.69) is 26.3 Å². The van der Waals surface area contributed by atoms with Crippen LogP contribution in [-0.4, -0.2) is 97.2 Å². The van der Waals surface area contributed by atoms with Crippen LogP contribution < -0.4 is 0 Å². The highest BCUT2D eigenvalue weighted by atomic mass is 16.6. The third-order valence-corrected chi connectivity index (χ3v) is 4.77. The first-order valence-electron chi connectivity index (χ1n) is 11.3. The van der Waals surface area contributed by atoms with E-state index in [4.69, 9.17) is 39.4 Å². The van der Waals surface area contributed by atoms with E-state index in [9.17, 15) is 19.2 Å². The lowest BCUT2D eigenvalue weighted by atomic mass is 9.92. The molecule has 0 aromatic rings. The summed E-state index contributed by atoms with van der Waals surface area (Å²) in [5, 5.41) is 34.0. The summed E-state index contributed by atoms with van der Waals surface area (Å²) < 4.78 is 20.7. The summed E-state index contributed by atoms with van der Waals surface area (Å²) in [5.74, 6) is -2.84. The zero-order chi connectivity index (χ0) is 30.1. The quantitative estimate of drug-likeness (QED) is 0.119. The third kappa shape index (κ3) is 13.8. The van der Waals surface area contributed by atoms with Gasteiger partial charge in [-0.15, -0.1) is 0 Å². The van der Waals surface area contributed by atoms with Crippen molar-refractivity contribution in [1.82, 2.24) is 0 Å². The molecule has 0 unspecified atom stereocenters. The van der Waals surface area contributed by atoms with Gasteiger partial charge in [0.2, 0.25) is 0 Å². The van der Waals surface area contributed by atoms with Gasteiger partial charge in [0.15, 0.2) is 0 Å². The maximum absolute atomic E-state index is 11.8. The van der Waals surface area contributed by atoms with E-state index in [1.165, 1.54) is 27.7 Å². The fourth-order valence-electron chi connectivity index (χ4n) is 1.92. The second-order valence-corrected chi connectivity index (χ2v) is 9.06. The predicted molar refractivity (Wildman–Crippen MR) is 136 cm³/mol. The van der Waals surface area contributed by atoms with Crippen LogP contribution in [0.5, 0.6) is 0 Å². The molecule has 12 heteroatoms. The average Bonchev–Trinajstić information content (AvgIpc) is 2.88. The van der Waals surface area contributed by atoms with Crippen molar-refractivity contribution in [2.75, 3.05) is 52.9 Å². The smallest absolute Gasteiger partial charge is 0.333 e. The molecule has 0 spiro atoms. The van der Waals surface area contributed by atoms with Crippen LogP contribution in [-0.2, 0) is 38.1 Å². The minimum absolute atomic E-state index is 0.135. The second kappa shape index (κ2) is 18.0. The highest BCUT2D eigenvalue weighted by Gasteiger charge is 2.38. The van der Waals surface area contributed by atoms with Gasteiger partial charge in [-0.25, -0.2) is 19.2 Å². The van der Waals surface area contributed by atoms with Crippen LogP contribution in [0, 0.1) is 10.8 Å². The van der Waals surface area contributed by atoms with Gasteiger partial charge >= 0.3 is 23.9 Å². The summed E-state index contributed by atoms with van der Waals surface area (Å²) in [7, 11) is 0. The molecule has 38 heavy (non-hydrogen) atoms. The van der Waals surface area contributed by atoms with E-state index < -0.39 is 61.1 Å². The van der Waals surface area contributed by atoms with Crippen molar-refractivity contribution in [2.24, 2.45) is 10.8 Å². The Morgan fingerprint density at radius 1 is 0.474 bits per heavy atom. The summed E-state index contributed by atoms with van der Waals surface area (Å²) in [6.07, 6.45) is 0. The summed E-state index contributed by atoms with van der Waals surface area (Å²) >= 11 is 0. The predicted octanol–water partition coefficient (Wildman–Crippen LogP) is 0.392. The molecule has 0 atom stereocenters. The van der Waals surface area contributed by atoms with Crippen LogP contribution in [0.15, 0.2) is 48.6 Å². The van der Waals surface area contributed by atoms with Crippen molar-refractivity contribution in [2.45, 2.75) is 27.7 Å². The summed E-state index contributed by atoms with van der Waals surface area (Å²) in [6, 6.07) is 0. The van der Waals surface area contributed by atoms with Crippen molar-refractivity contribution in [3.63, 3.8) is 0 Å². The highest BCUT2D eigenvalue weighted by molar-refractivity contribution is 5.88. The summed E-state index contributed by atoms with van der Waals surface area (Å²) in [4.78, 5) is 47.4. The van der Waals surface area contributed by atoms with Gasteiger partial charge in [-0.2, -0.15) is 0 Å². The van der Waals surface area contributed by atoms with E-state index in [0.29, 0.717) is 0 Å². The van der Waals surface area contributed by atoms with E-state index >= 15 is 0 Å². The van der Waals surface area contributed by atoms with Crippen LogP contribution in [0.4, 0.5) is 0 Å². The molecule has 0 amide bonds. The molecule has 12 nitrogen and oxygen atoms in total. The maximum Gasteiger partial charge on any atom is 0.333 e. The van der Waals surface area contributed by atoms with Crippen molar-refractivity contribution in [3.8, 4) is 0 Å². The van der Waals surface area contributed by atoms with Crippen LogP contribution >= 0.6 is 0 Å². The average molecular weight is 545 g/mol. The first kappa shape index (κ1) is 36.8. The SMILES string of the molecule is C=C(C)C(=O)OCC(COC(=O)C(=C)C)(COC(=O)C(=C)C)COC(=O)C(=C)C.OCC(CO)(CO)CO.